The lowest BCUT2D eigenvalue weighted by Crippen LogP contribution is -2.54. The Morgan fingerprint density at radius 2 is 1.54 bits per heavy atom. The summed E-state index contributed by atoms with van der Waals surface area (Å²) in [5.41, 5.74) is -0.697. The van der Waals surface area contributed by atoms with Crippen LogP contribution in [0.15, 0.2) is 39.9 Å². The van der Waals surface area contributed by atoms with Crippen LogP contribution in [0.3, 0.4) is 0 Å². The van der Waals surface area contributed by atoms with E-state index in [0.29, 0.717) is 62.9 Å². The number of anilines is 1. The Hall–Kier alpha value is -3.09. The molecule has 1 aliphatic rings. The van der Waals surface area contributed by atoms with E-state index >= 15 is 0 Å². The van der Waals surface area contributed by atoms with Crippen LogP contribution in [-0.4, -0.2) is 63.6 Å². The summed E-state index contributed by atoms with van der Waals surface area (Å²) in [6.07, 6.45) is 5.11. The molecule has 1 N–H and O–H groups in total. The minimum atomic E-state index is -0.826. The van der Waals surface area contributed by atoms with Crippen molar-refractivity contribution < 1.29 is 9.84 Å². The van der Waals surface area contributed by atoms with Crippen molar-refractivity contribution in [3.05, 3.63) is 56.7 Å². The molecule has 1 unspecified atom stereocenters. The van der Waals surface area contributed by atoms with E-state index in [9.17, 15) is 14.7 Å². The van der Waals surface area contributed by atoms with E-state index < -0.39 is 11.7 Å². The number of rotatable bonds is 14. The summed E-state index contributed by atoms with van der Waals surface area (Å²) in [5, 5.41) is 20.0. The first kappa shape index (κ1) is 30.5. The largest absolute Gasteiger partial charge is 0.485 e. The van der Waals surface area contributed by atoms with Crippen molar-refractivity contribution >= 4 is 5.82 Å². The number of piperazine rings is 1. The molecule has 1 aliphatic heterocycles. The number of aromatic nitrogens is 2. The van der Waals surface area contributed by atoms with E-state index in [-0.39, 0.29) is 11.2 Å². The third kappa shape index (κ3) is 8.20. The molecule has 214 valence electrons. The van der Waals surface area contributed by atoms with Crippen molar-refractivity contribution in [3.8, 4) is 11.8 Å². The second-order valence-corrected chi connectivity index (χ2v) is 11.0. The Morgan fingerprint density at radius 1 is 0.949 bits per heavy atom. The summed E-state index contributed by atoms with van der Waals surface area (Å²) in [4.78, 5) is 30.6. The molecule has 1 saturated heterocycles. The Labute approximate surface area is 232 Å². The third-order valence-corrected chi connectivity index (χ3v) is 7.52. The van der Waals surface area contributed by atoms with Gasteiger partial charge < -0.3 is 14.7 Å². The number of aliphatic hydroxyl groups is 1. The number of benzene rings is 1. The fourth-order valence-corrected chi connectivity index (χ4v) is 4.92. The first-order chi connectivity index (χ1) is 18.7. The lowest BCUT2D eigenvalue weighted by molar-refractivity contribution is -0.0449. The zero-order chi connectivity index (χ0) is 28.4. The van der Waals surface area contributed by atoms with Gasteiger partial charge in [-0.05, 0) is 51.0 Å². The van der Waals surface area contributed by atoms with Gasteiger partial charge in [0.2, 0.25) is 0 Å². The van der Waals surface area contributed by atoms with Crippen LogP contribution in [0.4, 0.5) is 5.82 Å². The molecule has 2 heterocycles. The molecule has 2 aromatic rings. The van der Waals surface area contributed by atoms with Crippen LogP contribution in [0.1, 0.15) is 71.8 Å². The highest BCUT2D eigenvalue weighted by Crippen LogP contribution is 2.23. The van der Waals surface area contributed by atoms with E-state index in [4.69, 9.17) is 10.00 Å². The molecule has 0 aliphatic carbocycles. The van der Waals surface area contributed by atoms with E-state index in [1.807, 2.05) is 13.8 Å². The number of unbranched alkanes of at least 4 members (excludes halogenated alkanes) is 4. The van der Waals surface area contributed by atoms with E-state index in [1.54, 1.807) is 34.9 Å². The second-order valence-electron chi connectivity index (χ2n) is 11.0. The molecule has 1 fully saturated rings. The summed E-state index contributed by atoms with van der Waals surface area (Å²) in [6, 6.07) is 10.6. The van der Waals surface area contributed by atoms with Crippen molar-refractivity contribution in [1.82, 2.24) is 14.0 Å². The average molecular weight is 540 g/mol. The topological polar surface area (TPSA) is 104 Å². The van der Waals surface area contributed by atoms with Crippen LogP contribution in [0.5, 0.6) is 5.75 Å². The van der Waals surface area contributed by atoms with Gasteiger partial charge in [0.15, 0.2) is 0 Å². The van der Waals surface area contributed by atoms with Crippen LogP contribution < -0.4 is 20.9 Å². The van der Waals surface area contributed by atoms with Gasteiger partial charge in [-0.3, -0.25) is 18.8 Å². The minimum Gasteiger partial charge on any atom is -0.485 e. The molecular formula is C30H45N5O4. The van der Waals surface area contributed by atoms with Gasteiger partial charge >= 0.3 is 5.69 Å². The number of ether oxygens (including phenoxy) is 1. The van der Waals surface area contributed by atoms with Crippen LogP contribution in [0.2, 0.25) is 0 Å². The van der Waals surface area contributed by atoms with Gasteiger partial charge in [0.05, 0.1) is 11.6 Å². The van der Waals surface area contributed by atoms with Gasteiger partial charge in [0.1, 0.15) is 23.3 Å². The van der Waals surface area contributed by atoms with Crippen molar-refractivity contribution in [3.63, 3.8) is 0 Å². The van der Waals surface area contributed by atoms with Gasteiger partial charge in [0, 0.05) is 51.9 Å². The first-order valence-corrected chi connectivity index (χ1v) is 14.4. The number of hydrogen-bond donors (Lipinski definition) is 1. The van der Waals surface area contributed by atoms with E-state index in [2.05, 4.69) is 29.7 Å². The molecule has 1 aromatic heterocycles. The van der Waals surface area contributed by atoms with Gasteiger partial charge in [-0.1, -0.05) is 39.5 Å². The average Bonchev–Trinajstić information content (AvgIpc) is 2.92. The standard InChI is InChI=1S/C30H45N5O4/c1-5-7-9-15-34-27(21-28(37)35(29(34)38)16-10-8-6-2)33-19-17-32(18-20-33)23-26(36)30(3,4)39-25-13-11-24(22-31)12-14-25/h11-14,21,26,36H,5-10,15-20,23H2,1-4H3. The summed E-state index contributed by atoms with van der Waals surface area (Å²) in [6.45, 7) is 12.2. The molecule has 0 saturated carbocycles. The third-order valence-electron chi connectivity index (χ3n) is 7.52. The van der Waals surface area contributed by atoms with Crippen LogP contribution >= 0.6 is 0 Å². The quantitative estimate of drug-likeness (QED) is 0.366. The summed E-state index contributed by atoms with van der Waals surface area (Å²) < 4.78 is 9.25. The lowest BCUT2D eigenvalue weighted by Gasteiger charge is -2.40. The summed E-state index contributed by atoms with van der Waals surface area (Å²) >= 11 is 0. The van der Waals surface area contributed by atoms with Crippen LogP contribution in [-0.2, 0) is 13.1 Å². The van der Waals surface area contributed by atoms with Gasteiger partial charge in [-0.2, -0.15) is 5.26 Å². The van der Waals surface area contributed by atoms with Crippen molar-refractivity contribution in [2.24, 2.45) is 0 Å². The highest BCUT2D eigenvalue weighted by molar-refractivity contribution is 5.39. The molecule has 1 aromatic carbocycles. The SMILES string of the molecule is CCCCCn1c(N2CCN(CC(O)C(C)(C)Oc3ccc(C#N)cc3)CC2)cc(=O)n(CCCCC)c1=O. The maximum absolute atomic E-state index is 13.4. The summed E-state index contributed by atoms with van der Waals surface area (Å²) in [5.74, 6) is 1.31. The molecule has 0 amide bonds. The normalized spacial score (nSPS) is 15.2. The fraction of sp³-hybridized carbons (Fsp3) is 0.633. The number of nitrogens with zero attached hydrogens (tertiary/aromatic N) is 5. The number of nitriles is 1. The second kappa shape index (κ2) is 14.3. The fourth-order valence-electron chi connectivity index (χ4n) is 4.92. The minimum absolute atomic E-state index is 0.204. The molecule has 9 heteroatoms. The molecule has 3 rings (SSSR count). The van der Waals surface area contributed by atoms with Crippen LogP contribution in [0.25, 0.3) is 0 Å². The zero-order valence-electron chi connectivity index (χ0n) is 24.1. The van der Waals surface area contributed by atoms with Crippen molar-refractivity contribution in [1.29, 1.82) is 5.26 Å². The number of hydrogen-bond acceptors (Lipinski definition) is 7. The Balaban J connectivity index is 1.66. The smallest absolute Gasteiger partial charge is 0.332 e. The van der Waals surface area contributed by atoms with E-state index in [0.717, 1.165) is 38.5 Å². The maximum atomic E-state index is 13.4. The molecule has 0 spiro atoms. The number of β-amino-alcohol motifs (C(OH)–C–C–N with tert-alkyl or cyclic N) is 1. The Kier molecular flexibility index (Phi) is 11.2. The highest BCUT2D eigenvalue weighted by Gasteiger charge is 2.33. The predicted molar refractivity (Wildman–Crippen MR) is 155 cm³/mol. The predicted octanol–water partition coefficient (Wildman–Crippen LogP) is 3.60. The number of aliphatic hydroxyl groups excluding tert-OH is 1. The lowest BCUT2D eigenvalue weighted by atomic mass is 10.0. The summed E-state index contributed by atoms with van der Waals surface area (Å²) in [7, 11) is 0. The molecule has 9 nitrogen and oxygen atoms in total. The first-order valence-electron chi connectivity index (χ1n) is 14.4. The Bertz CT molecular complexity index is 1200. The van der Waals surface area contributed by atoms with Crippen LogP contribution in [0, 0.1) is 11.3 Å². The zero-order valence-corrected chi connectivity index (χ0v) is 24.1. The van der Waals surface area contributed by atoms with Gasteiger partial charge in [-0.15, -0.1) is 0 Å². The van der Waals surface area contributed by atoms with Crippen molar-refractivity contribution in [2.75, 3.05) is 37.6 Å². The van der Waals surface area contributed by atoms with E-state index in [1.165, 1.54) is 4.57 Å². The maximum Gasteiger partial charge on any atom is 0.332 e. The molecule has 0 bridgehead atoms. The van der Waals surface area contributed by atoms with Gasteiger partial charge in [-0.25, -0.2) is 4.79 Å². The highest BCUT2D eigenvalue weighted by atomic mass is 16.5. The monoisotopic (exact) mass is 539 g/mol. The molecule has 1 atom stereocenters. The molecular weight excluding hydrogens is 494 g/mol. The van der Waals surface area contributed by atoms with Gasteiger partial charge in [0.25, 0.3) is 5.56 Å². The van der Waals surface area contributed by atoms with Crippen molar-refractivity contribution in [2.45, 2.75) is 91.0 Å². The Morgan fingerprint density at radius 3 is 2.10 bits per heavy atom. The molecule has 39 heavy (non-hydrogen) atoms. The molecule has 0 radical (unpaired) electrons.